The van der Waals surface area contributed by atoms with Gasteiger partial charge in [0.1, 0.15) is 11.5 Å². The predicted octanol–water partition coefficient (Wildman–Crippen LogP) is 8.01. The molecule has 38 heavy (non-hydrogen) atoms. The van der Waals surface area contributed by atoms with E-state index in [0.717, 1.165) is 38.5 Å². The van der Waals surface area contributed by atoms with E-state index >= 15 is 0 Å². The molecular weight excluding hydrogens is 484 g/mol. The highest BCUT2D eigenvalue weighted by Crippen LogP contribution is 2.18. The van der Waals surface area contributed by atoms with E-state index in [9.17, 15) is 14.4 Å². The normalized spacial score (nSPS) is 10.9. The molecule has 0 fully saturated rings. The molecule has 2 aromatic rings. The van der Waals surface area contributed by atoms with Crippen molar-refractivity contribution in [1.82, 2.24) is 0 Å². The second kappa shape index (κ2) is 17.2. The van der Waals surface area contributed by atoms with E-state index < -0.39 is 18.1 Å². The molecule has 7 heteroatoms. The van der Waals surface area contributed by atoms with Crippen molar-refractivity contribution in [1.29, 1.82) is 0 Å². The maximum absolute atomic E-state index is 12.2. The van der Waals surface area contributed by atoms with Crippen LogP contribution in [0.15, 0.2) is 48.5 Å². The van der Waals surface area contributed by atoms with Crippen LogP contribution in [0.25, 0.3) is 0 Å². The minimum atomic E-state index is -0.932. The Morgan fingerprint density at radius 3 is 1.26 bits per heavy atom. The van der Waals surface area contributed by atoms with Crippen molar-refractivity contribution in [2.45, 2.75) is 79.1 Å². The van der Waals surface area contributed by atoms with Crippen molar-refractivity contribution >= 4 is 18.1 Å². The lowest BCUT2D eigenvalue weighted by molar-refractivity contribution is 0.0488. The number of carbonyl (C=O) groups is 3. The molecule has 0 aromatic heterocycles. The highest BCUT2D eigenvalue weighted by molar-refractivity contribution is 5.90. The monoisotopic (exact) mass is 526 g/mol. The molecule has 7 nitrogen and oxygen atoms in total. The zero-order valence-corrected chi connectivity index (χ0v) is 23.2. The van der Waals surface area contributed by atoms with Gasteiger partial charge in [-0.3, -0.25) is 0 Å². The zero-order chi connectivity index (χ0) is 27.8. The molecule has 0 saturated heterocycles. The average molecular weight is 527 g/mol. The lowest BCUT2D eigenvalue weighted by Crippen LogP contribution is -2.14. The van der Waals surface area contributed by atoms with Crippen LogP contribution in [-0.2, 0) is 9.47 Å². The number of unbranched alkanes of at least 4 members (excludes halogenated alkanes) is 4. The van der Waals surface area contributed by atoms with E-state index in [2.05, 4.69) is 27.7 Å². The van der Waals surface area contributed by atoms with Gasteiger partial charge in [0.15, 0.2) is 0 Å². The van der Waals surface area contributed by atoms with Gasteiger partial charge in [-0.2, -0.15) is 0 Å². The molecule has 0 aliphatic carbocycles. The molecule has 0 radical (unpaired) electrons. The van der Waals surface area contributed by atoms with Gasteiger partial charge in [0, 0.05) is 0 Å². The smallest absolute Gasteiger partial charge is 0.462 e. The maximum Gasteiger partial charge on any atom is 0.519 e. The van der Waals surface area contributed by atoms with Gasteiger partial charge in [0.25, 0.3) is 0 Å². The molecule has 0 bridgehead atoms. The molecule has 0 heterocycles. The first-order valence-electron chi connectivity index (χ1n) is 13.7. The van der Waals surface area contributed by atoms with Gasteiger partial charge in [0.2, 0.25) is 0 Å². The Morgan fingerprint density at radius 2 is 0.921 bits per heavy atom. The predicted molar refractivity (Wildman–Crippen MR) is 147 cm³/mol. The van der Waals surface area contributed by atoms with Crippen molar-refractivity contribution < 1.29 is 33.3 Å². The molecule has 208 valence electrons. The SMILES string of the molecule is CC(C)CCCCCOC(=O)c1ccc(OC(=O)Oc2ccc(C(=O)OCCCCCC(C)C)cc2)cc1. The van der Waals surface area contributed by atoms with Crippen molar-refractivity contribution in [2.75, 3.05) is 13.2 Å². The fourth-order valence-corrected chi connectivity index (χ4v) is 3.69. The fraction of sp³-hybridized carbons (Fsp3) is 0.516. The van der Waals surface area contributed by atoms with Gasteiger partial charge in [-0.15, -0.1) is 0 Å². The Morgan fingerprint density at radius 1 is 0.553 bits per heavy atom. The van der Waals surface area contributed by atoms with Crippen LogP contribution in [0.2, 0.25) is 0 Å². The molecule has 0 amide bonds. The summed E-state index contributed by atoms with van der Waals surface area (Å²) in [7, 11) is 0. The Kier molecular flexibility index (Phi) is 14.0. The van der Waals surface area contributed by atoms with Crippen LogP contribution in [0.4, 0.5) is 4.79 Å². The lowest BCUT2D eigenvalue weighted by Gasteiger charge is -2.08. The molecular formula is C31H42O7. The Labute approximate surface area is 226 Å². The number of hydrogen-bond acceptors (Lipinski definition) is 7. The fourth-order valence-electron chi connectivity index (χ4n) is 3.69. The molecule has 2 rings (SSSR count). The minimum Gasteiger partial charge on any atom is -0.462 e. The zero-order valence-electron chi connectivity index (χ0n) is 23.2. The summed E-state index contributed by atoms with van der Waals surface area (Å²) >= 11 is 0. The van der Waals surface area contributed by atoms with E-state index in [1.54, 1.807) is 0 Å². The van der Waals surface area contributed by atoms with Gasteiger partial charge in [0.05, 0.1) is 24.3 Å². The van der Waals surface area contributed by atoms with Gasteiger partial charge in [-0.1, -0.05) is 66.2 Å². The first kappa shape index (κ1) is 30.9. The van der Waals surface area contributed by atoms with Crippen molar-refractivity contribution in [3.05, 3.63) is 59.7 Å². The van der Waals surface area contributed by atoms with Crippen LogP contribution >= 0.6 is 0 Å². The number of ether oxygens (including phenoxy) is 4. The van der Waals surface area contributed by atoms with E-state index in [-0.39, 0.29) is 11.5 Å². The first-order valence-corrected chi connectivity index (χ1v) is 13.7. The van der Waals surface area contributed by atoms with Crippen LogP contribution in [0.5, 0.6) is 11.5 Å². The standard InChI is InChI=1S/C31H42O7/c1-23(2)11-7-5-9-21-35-29(32)25-13-17-27(18-14-25)37-31(34)38-28-19-15-26(16-20-28)30(33)36-22-10-6-8-12-24(3)4/h13-20,23-24H,5-12,21-22H2,1-4H3. The third kappa shape index (κ3) is 12.7. The van der Waals surface area contributed by atoms with Gasteiger partial charge in [-0.05, 0) is 73.2 Å². The molecule has 0 spiro atoms. The van der Waals surface area contributed by atoms with Crippen molar-refractivity contribution in [3.8, 4) is 11.5 Å². The third-order valence-electron chi connectivity index (χ3n) is 5.90. The van der Waals surface area contributed by atoms with Crippen LogP contribution in [0.3, 0.4) is 0 Å². The first-order chi connectivity index (χ1) is 18.2. The maximum atomic E-state index is 12.2. The molecule has 0 atom stereocenters. The molecule has 0 aliphatic heterocycles. The molecule has 0 saturated carbocycles. The summed E-state index contributed by atoms with van der Waals surface area (Å²) < 4.78 is 20.9. The largest absolute Gasteiger partial charge is 0.519 e. The summed E-state index contributed by atoms with van der Waals surface area (Å²) in [6, 6.07) is 12.2. The van der Waals surface area contributed by atoms with Gasteiger partial charge < -0.3 is 18.9 Å². The molecule has 0 unspecified atom stereocenters. The number of benzene rings is 2. The lowest BCUT2D eigenvalue weighted by atomic mass is 10.1. The van der Waals surface area contributed by atoms with Crippen LogP contribution in [0.1, 0.15) is 99.8 Å². The molecule has 0 N–H and O–H groups in total. The summed E-state index contributed by atoms with van der Waals surface area (Å²) in [6.45, 7) is 9.56. The second-order valence-corrected chi connectivity index (χ2v) is 10.3. The molecule has 2 aromatic carbocycles. The summed E-state index contributed by atoms with van der Waals surface area (Å²) in [6.07, 6.45) is 7.43. The highest BCUT2D eigenvalue weighted by Gasteiger charge is 2.12. The Balaban J connectivity index is 1.69. The van der Waals surface area contributed by atoms with Crippen molar-refractivity contribution in [2.24, 2.45) is 11.8 Å². The number of hydrogen-bond donors (Lipinski definition) is 0. The second-order valence-electron chi connectivity index (χ2n) is 10.3. The van der Waals surface area contributed by atoms with E-state index in [1.807, 2.05) is 0 Å². The van der Waals surface area contributed by atoms with Crippen molar-refractivity contribution in [3.63, 3.8) is 0 Å². The summed E-state index contributed by atoms with van der Waals surface area (Å²) in [5.74, 6) is 1.01. The number of carbonyl (C=O) groups excluding carboxylic acids is 3. The van der Waals surface area contributed by atoms with Gasteiger partial charge >= 0.3 is 18.1 Å². The van der Waals surface area contributed by atoms with E-state index in [1.165, 1.54) is 61.4 Å². The van der Waals surface area contributed by atoms with Crippen LogP contribution < -0.4 is 9.47 Å². The van der Waals surface area contributed by atoms with E-state index in [4.69, 9.17) is 18.9 Å². The summed E-state index contributed by atoms with van der Waals surface area (Å²) in [5.41, 5.74) is 0.761. The number of esters is 2. The third-order valence-corrected chi connectivity index (χ3v) is 5.90. The van der Waals surface area contributed by atoms with Crippen LogP contribution in [-0.4, -0.2) is 31.3 Å². The Bertz CT molecular complexity index is 899. The average Bonchev–Trinajstić information content (AvgIpc) is 2.88. The Hall–Kier alpha value is -3.35. The quantitative estimate of drug-likeness (QED) is 0.124. The highest BCUT2D eigenvalue weighted by atomic mass is 16.7. The van der Waals surface area contributed by atoms with Gasteiger partial charge in [-0.25, -0.2) is 14.4 Å². The summed E-state index contributed by atoms with van der Waals surface area (Å²) in [5, 5.41) is 0. The van der Waals surface area contributed by atoms with Crippen LogP contribution in [0, 0.1) is 11.8 Å². The summed E-state index contributed by atoms with van der Waals surface area (Å²) in [4.78, 5) is 36.5. The minimum absolute atomic E-state index is 0.230. The molecule has 0 aliphatic rings. The van der Waals surface area contributed by atoms with E-state index in [0.29, 0.717) is 36.2 Å². The number of rotatable bonds is 16. The topological polar surface area (TPSA) is 88.1 Å².